The molecule has 0 aromatic heterocycles. The number of aryl methyl sites for hydroxylation is 1. The molecule has 0 saturated carbocycles. The summed E-state index contributed by atoms with van der Waals surface area (Å²) in [5.74, 6) is -0.959. The third-order valence-electron chi connectivity index (χ3n) is 1.85. The summed E-state index contributed by atoms with van der Waals surface area (Å²) in [4.78, 5) is 10.6. The zero-order valence-electron chi connectivity index (χ0n) is 7.24. The highest BCUT2D eigenvalue weighted by atomic mass is 16.4. The maximum atomic E-state index is 10.6. The van der Waals surface area contributed by atoms with Gasteiger partial charge in [-0.3, -0.25) is 0 Å². The minimum absolute atomic E-state index is 0.232. The predicted octanol–water partition coefficient (Wildman–Crippen LogP) is 1.82. The first-order valence-electron chi connectivity index (χ1n) is 3.95. The van der Waals surface area contributed by atoms with Crippen LogP contribution in [0.2, 0.25) is 0 Å². The molecule has 0 spiro atoms. The van der Waals surface area contributed by atoms with Gasteiger partial charge in [0.1, 0.15) is 0 Å². The molecule has 0 aliphatic carbocycles. The minimum atomic E-state index is -0.959. The second kappa shape index (κ2) is 3.72. The summed E-state index contributed by atoms with van der Waals surface area (Å²) in [7, 11) is 0. The van der Waals surface area contributed by atoms with Gasteiger partial charge in [0, 0.05) is 0 Å². The van der Waals surface area contributed by atoms with Gasteiger partial charge in [-0.2, -0.15) is 5.26 Å². The van der Waals surface area contributed by atoms with Crippen molar-refractivity contribution in [3.05, 3.63) is 34.9 Å². The number of nitriles is 1. The Labute approximate surface area is 76.2 Å². The van der Waals surface area contributed by atoms with Crippen LogP contribution in [0.15, 0.2) is 18.2 Å². The number of rotatable bonds is 2. The third kappa shape index (κ3) is 1.85. The van der Waals surface area contributed by atoms with Crippen LogP contribution in [0.3, 0.4) is 0 Å². The molecule has 0 aliphatic heterocycles. The molecule has 0 radical (unpaired) electrons. The van der Waals surface area contributed by atoms with Crippen molar-refractivity contribution in [3.8, 4) is 6.07 Å². The van der Waals surface area contributed by atoms with E-state index in [4.69, 9.17) is 10.4 Å². The molecule has 66 valence electrons. The summed E-state index contributed by atoms with van der Waals surface area (Å²) in [5, 5.41) is 17.4. The van der Waals surface area contributed by atoms with Gasteiger partial charge in [0.05, 0.1) is 17.2 Å². The summed E-state index contributed by atoms with van der Waals surface area (Å²) in [6.07, 6.45) is 0.671. The van der Waals surface area contributed by atoms with Gasteiger partial charge in [0.15, 0.2) is 0 Å². The van der Waals surface area contributed by atoms with Crippen LogP contribution < -0.4 is 0 Å². The van der Waals surface area contributed by atoms with Gasteiger partial charge in [0.25, 0.3) is 0 Å². The van der Waals surface area contributed by atoms with Gasteiger partial charge in [-0.15, -0.1) is 0 Å². The van der Waals surface area contributed by atoms with Crippen molar-refractivity contribution in [2.75, 3.05) is 0 Å². The Kier molecular flexibility index (Phi) is 2.65. The van der Waals surface area contributed by atoms with E-state index in [0.29, 0.717) is 12.0 Å². The van der Waals surface area contributed by atoms with Crippen molar-refractivity contribution >= 4 is 5.97 Å². The molecule has 0 unspecified atom stereocenters. The van der Waals surface area contributed by atoms with Crippen LogP contribution in [0.4, 0.5) is 0 Å². The number of nitrogens with zero attached hydrogens (tertiary/aromatic N) is 1. The fraction of sp³-hybridized carbons (Fsp3) is 0.200. The number of hydrogen-bond donors (Lipinski definition) is 1. The smallest absolute Gasteiger partial charge is 0.335 e. The molecule has 13 heavy (non-hydrogen) atoms. The first-order chi connectivity index (χ1) is 6.19. The lowest BCUT2D eigenvalue weighted by atomic mass is 10.0. The van der Waals surface area contributed by atoms with E-state index in [1.807, 2.05) is 13.0 Å². The van der Waals surface area contributed by atoms with Crippen molar-refractivity contribution in [3.63, 3.8) is 0 Å². The van der Waals surface area contributed by atoms with Crippen LogP contribution in [0.25, 0.3) is 0 Å². The quantitative estimate of drug-likeness (QED) is 0.745. The Morgan fingerprint density at radius 1 is 1.62 bits per heavy atom. The lowest BCUT2D eigenvalue weighted by Gasteiger charge is -2.01. The zero-order valence-corrected chi connectivity index (χ0v) is 7.24. The van der Waals surface area contributed by atoms with E-state index in [1.54, 1.807) is 12.1 Å². The molecule has 0 aliphatic rings. The maximum absolute atomic E-state index is 10.6. The third-order valence-corrected chi connectivity index (χ3v) is 1.85. The van der Waals surface area contributed by atoms with E-state index in [2.05, 4.69) is 0 Å². The topological polar surface area (TPSA) is 61.1 Å². The highest BCUT2D eigenvalue weighted by molar-refractivity contribution is 5.88. The average Bonchev–Trinajstić information content (AvgIpc) is 2.16. The Balaban J connectivity index is 3.23. The molecule has 0 bridgehead atoms. The molecular weight excluding hydrogens is 166 g/mol. The fourth-order valence-electron chi connectivity index (χ4n) is 1.13. The Bertz CT molecular complexity index is 377. The summed E-state index contributed by atoms with van der Waals surface area (Å²) in [6.45, 7) is 1.89. The SMILES string of the molecule is CCc1cc(C(=O)O)ccc1C#N. The van der Waals surface area contributed by atoms with Crippen LogP contribution in [0, 0.1) is 11.3 Å². The second-order valence-electron chi connectivity index (χ2n) is 2.64. The van der Waals surface area contributed by atoms with Gasteiger partial charge >= 0.3 is 5.97 Å². The van der Waals surface area contributed by atoms with E-state index in [-0.39, 0.29) is 5.56 Å². The highest BCUT2D eigenvalue weighted by Gasteiger charge is 2.06. The van der Waals surface area contributed by atoms with Crippen LogP contribution in [0.1, 0.15) is 28.4 Å². The molecule has 1 aromatic rings. The fourth-order valence-corrected chi connectivity index (χ4v) is 1.13. The standard InChI is InChI=1S/C10H9NO2/c1-2-7-5-8(10(12)13)3-4-9(7)6-11/h3-5H,2H2,1H3,(H,12,13). The zero-order chi connectivity index (χ0) is 9.84. The summed E-state index contributed by atoms with van der Waals surface area (Å²) < 4.78 is 0. The molecule has 1 rings (SSSR count). The van der Waals surface area contributed by atoms with Gasteiger partial charge in [-0.1, -0.05) is 6.92 Å². The van der Waals surface area contributed by atoms with E-state index >= 15 is 0 Å². The maximum Gasteiger partial charge on any atom is 0.335 e. The number of carbonyl (C=O) groups is 1. The van der Waals surface area contributed by atoms with Crippen LogP contribution in [-0.4, -0.2) is 11.1 Å². The Morgan fingerprint density at radius 3 is 2.77 bits per heavy atom. The second-order valence-corrected chi connectivity index (χ2v) is 2.64. The number of hydrogen-bond acceptors (Lipinski definition) is 2. The van der Waals surface area contributed by atoms with Crippen molar-refractivity contribution in [2.24, 2.45) is 0 Å². The summed E-state index contributed by atoms with van der Waals surface area (Å²) in [5.41, 5.74) is 1.56. The van der Waals surface area contributed by atoms with E-state index in [0.717, 1.165) is 5.56 Å². The molecule has 0 heterocycles. The van der Waals surface area contributed by atoms with Gasteiger partial charge < -0.3 is 5.11 Å². The predicted molar refractivity (Wildman–Crippen MR) is 47.5 cm³/mol. The molecule has 0 amide bonds. The van der Waals surface area contributed by atoms with Gasteiger partial charge in [0.2, 0.25) is 0 Å². The number of carboxylic acids is 1. The average molecular weight is 175 g/mol. The first kappa shape index (κ1) is 9.27. The first-order valence-corrected chi connectivity index (χ1v) is 3.95. The summed E-state index contributed by atoms with van der Waals surface area (Å²) >= 11 is 0. The van der Waals surface area contributed by atoms with Crippen molar-refractivity contribution in [1.29, 1.82) is 5.26 Å². The van der Waals surface area contributed by atoms with Crippen LogP contribution in [-0.2, 0) is 6.42 Å². The van der Waals surface area contributed by atoms with E-state index in [9.17, 15) is 4.79 Å². The number of carboxylic acid groups (broad SMARTS) is 1. The monoisotopic (exact) mass is 175 g/mol. The largest absolute Gasteiger partial charge is 0.478 e. The molecule has 0 atom stereocenters. The lowest BCUT2D eigenvalue weighted by molar-refractivity contribution is 0.0697. The molecule has 0 fully saturated rings. The van der Waals surface area contributed by atoms with Crippen LogP contribution in [0.5, 0.6) is 0 Å². The molecular formula is C10H9NO2. The van der Waals surface area contributed by atoms with Crippen molar-refractivity contribution < 1.29 is 9.90 Å². The lowest BCUT2D eigenvalue weighted by Crippen LogP contribution is -1.98. The molecule has 1 N–H and O–H groups in total. The van der Waals surface area contributed by atoms with Gasteiger partial charge in [-0.25, -0.2) is 4.79 Å². The number of aromatic carboxylic acids is 1. The van der Waals surface area contributed by atoms with Gasteiger partial charge in [-0.05, 0) is 30.2 Å². The van der Waals surface area contributed by atoms with Crippen molar-refractivity contribution in [2.45, 2.75) is 13.3 Å². The summed E-state index contributed by atoms with van der Waals surface area (Å²) in [6, 6.07) is 6.55. The number of benzene rings is 1. The van der Waals surface area contributed by atoms with E-state index in [1.165, 1.54) is 6.07 Å². The normalized spacial score (nSPS) is 9.23. The van der Waals surface area contributed by atoms with E-state index < -0.39 is 5.97 Å². The minimum Gasteiger partial charge on any atom is -0.478 e. The van der Waals surface area contributed by atoms with Crippen molar-refractivity contribution in [1.82, 2.24) is 0 Å². The highest BCUT2D eigenvalue weighted by Crippen LogP contribution is 2.11. The molecule has 1 aromatic carbocycles. The molecule has 3 nitrogen and oxygen atoms in total. The van der Waals surface area contributed by atoms with Crippen LogP contribution >= 0.6 is 0 Å². The molecule has 3 heteroatoms. The molecule has 0 saturated heterocycles. The Morgan fingerprint density at radius 2 is 2.31 bits per heavy atom. The Hall–Kier alpha value is -1.82.